The minimum atomic E-state index is -0.0797. The Labute approximate surface area is 176 Å². The third-order valence-electron chi connectivity index (χ3n) is 5.08. The normalized spacial score (nSPS) is 10.9. The van der Waals surface area contributed by atoms with E-state index in [1.54, 1.807) is 7.11 Å². The van der Waals surface area contributed by atoms with Crippen molar-refractivity contribution >= 4 is 28.2 Å². The number of hydrogen-bond acceptors (Lipinski definition) is 3. The van der Waals surface area contributed by atoms with Crippen LogP contribution in [0.4, 0.5) is 0 Å². The van der Waals surface area contributed by atoms with Gasteiger partial charge in [0, 0.05) is 25.8 Å². The molecule has 2 aromatic carbocycles. The molecule has 0 saturated carbocycles. The molecule has 1 aromatic heterocycles. The lowest BCUT2D eigenvalue weighted by Crippen LogP contribution is -2.41. The molecule has 152 valence electrons. The van der Waals surface area contributed by atoms with Crippen molar-refractivity contribution in [3.05, 3.63) is 81.1 Å². The number of hydrogen-bond donors (Lipinski definition) is 2. The van der Waals surface area contributed by atoms with E-state index in [2.05, 4.69) is 28.5 Å². The Hall–Kier alpha value is -2.70. The first-order valence-corrected chi connectivity index (χ1v) is 10.1. The molecule has 2 N–H and O–H groups in total. The second-order valence-corrected chi connectivity index (χ2v) is 7.55. The summed E-state index contributed by atoms with van der Waals surface area (Å²) in [5.74, 6) is 0. The number of thiocarbonyl (C=S) groups is 1. The third kappa shape index (κ3) is 5.22. The molecule has 1 heterocycles. The van der Waals surface area contributed by atoms with Crippen molar-refractivity contribution in [3.8, 4) is 0 Å². The summed E-state index contributed by atoms with van der Waals surface area (Å²) in [6, 6.07) is 16.2. The average Bonchev–Trinajstić information content (AvgIpc) is 2.72. The lowest BCUT2D eigenvalue weighted by atomic mass is 10.0. The van der Waals surface area contributed by atoms with Crippen LogP contribution in [-0.4, -0.2) is 35.3 Å². The molecule has 0 amide bonds. The highest BCUT2D eigenvalue weighted by atomic mass is 32.1. The van der Waals surface area contributed by atoms with Gasteiger partial charge in [0.05, 0.1) is 18.7 Å². The molecule has 0 aliphatic rings. The molecule has 0 atom stereocenters. The number of aromatic amines is 1. The van der Waals surface area contributed by atoms with E-state index >= 15 is 0 Å². The molecule has 0 fully saturated rings. The van der Waals surface area contributed by atoms with E-state index in [1.807, 2.05) is 49.1 Å². The van der Waals surface area contributed by atoms with Crippen LogP contribution in [0.3, 0.4) is 0 Å². The summed E-state index contributed by atoms with van der Waals surface area (Å²) in [4.78, 5) is 17.9. The van der Waals surface area contributed by atoms with Gasteiger partial charge in [-0.15, -0.1) is 0 Å². The number of rotatable bonds is 7. The molecule has 0 aliphatic heterocycles. The molecule has 0 aliphatic carbocycles. The maximum absolute atomic E-state index is 12.8. The maximum atomic E-state index is 12.8. The summed E-state index contributed by atoms with van der Waals surface area (Å²) < 4.78 is 5.10. The van der Waals surface area contributed by atoms with Crippen LogP contribution < -0.4 is 10.9 Å². The van der Waals surface area contributed by atoms with Gasteiger partial charge in [-0.2, -0.15) is 0 Å². The van der Waals surface area contributed by atoms with Crippen LogP contribution >= 0.6 is 12.2 Å². The van der Waals surface area contributed by atoms with Gasteiger partial charge in [0.25, 0.3) is 5.56 Å². The number of nitrogens with zero attached hydrogens (tertiary/aromatic N) is 1. The van der Waals surface area contributed by atoms with Crippen molar-refractivity contribution in [1.82, 2.24) is 15.2 Å². The smallest absolute Gasteiger partial charge is 0.253 e. The summed E-state index contributed by atoms with van der Waals surface area (Å²) in [5, 5.41) is 4.85. The van der Waals surface area contributed by atoms with Crippen molar-refractivity contribution < 1.29 is 4.74 Å². The van der Waals surface area contributed by atoms with Crippen LogP contribution in [0, 0.1) is 13.8 Å². The quantitative estimate of drug-likeness (QED) is 0.461. The molecule has 0 saturated heterocycles. The van der Waals surface area contributed by atoms with Gasteiger partial charge in [0.15, 0.2) is 5.11 Å². The lowest BCUT2D eigenvalue weighted by molar-refractivity contribution is 0.202. The van der Waals surface area contributed by atoms with Crippen LogP contribution in [0.1, 0.15) is 22.3 Å². The number of nitrogens with one attached hydrogen (secondary N) is 2. The van der Waals surface area contributed by atoms with Crippen LogP contribution in [0.5, 0.6) is 0 Å². The van der Waals surface area contributed by atoms with Crippen LogP contribution in [0.15, 0.2) is 53.3 Å². The fraction of sp³-hybridized carbons (Fsp3) is 0.304. The van der Waals surface area contributed by atoms with Gasteiger partial charge in [0.2, 0.25) is 0 Å². The van der Waals surface area contributed by atoms with E-state index < -0.39 is 0 Å². The molecule has 5 nitrogen and oxygen atoms in total. The Morgan fingerprint density at radius 2 is 1.90 bits per heavy atom. The highest BCUT2D eigenvalue weighted by Gasteiger charge is 2.14. The zero-order valence-corrected chi connectivity index (χ0v) is 17.9. The standard InChI is InChI=1S/C23H27N3O2S/c1-16-9-10-19-13-20(22(27)25-21(19)17(16)2)15-26(23(29)24-11-12-28-3)14-18-7-5-4-6-8-18/h4-10,13H,11-12,14-15H2,1-3H3,(H,24,29)(H,25,27). The van der Waals surface area contributed by atoms with Crippen LogP contribution in [-0.2, 0) is 17.8 Å². The SMILES string of the molecule is COCCNC(=S)N(Cc1ccccc1)Cc1cc2ccc(C)c(C)c2[nH]c1=O. The molecule has 0 radical (unpaired) electrons. The van der Waals surface area contributed by atoms with E-state index in [1.165, 1.54) is 0 Å². The molecule has 0 unspecified atom stereocenters. The van der Waals surface area contributed by atoms with Crippen LogP contribution in [0.2, 0.25) is 0 Å². The maximum Gasteiger partial charge on any atom is 0.253 e. The summed E-state index contributed by atoms with van der Waals surface area (Å²) in [6.45, 7) is 6.30. The highest BCUT2D eigenvalue weighted by molar-refractivity contribution is 7.80. The van der Waals surface area contributed by atoms with Crippen molar-refractivity contribution in [2.75, 3.05) is 20.3 Å². The van der Waals surface area contributed by atoms with Crippen molar-refractivity contribution in [1.29, 1.82) is 0 Å². The summed E-state index contributed by atoms with van der Waals surface area (Å²) in [5.41, 5.74) is 4.90. The monoisotopic (exact) mass is 409 g/mol. The molecule has 3 aromatic rings. The Bertz CT molecular complexity index is 1050. The van der Waals surface area contributed by atoms with Crippen LogP contribution in [0.25, 0.3) is 10.9 Å². The summed E-state index contributed by atoms with van der Waals surface area (Å²) in [6.07, 6.45) is 0. The molecule has 29 heavy (non-hydrogen) atoms. The van der Waals surface area contributed by atoms with Gasteiger partial charge in [-0.1, -0.05) is 42.5 Å². The first-order chi connectivity index (χ1) is 14.0. The summed E-state index contributed by atoms with van der Waals surface area (Å²) >= 11 is 5.61. The summed E-state index contributed by atoms with van der Waals surface area (Å²) in [7, 11) is 1.66. The number of benzene rings is 2. The van der Waals surface area contributed by atoms with Gasteiger partial charge >= 0.3 is 0 Å². The first kappa shape index (κ1) is 21.0. The number of ether oxygens (including phenoxy) is 1. The van der Waals surface area contributed by atoms with Crippen molar-refractivity contribution in [2.45, 2.75) is 26.9 Å². The van der Waals surface area contributed by atoms with E-state index in [0.717, 1.165) is 27.6 Å². The van der Waals surface area contributed by atoms with Gasteiger partial charge in [-0.05, 0) is 54.2 Å². The van der Waals surface area contributed by atoms with E-state index in [9.17, 15) is 4.79 Å². The Morgan fingerprint density at radius 1 is 1.14 bits per heavy atom. The lowest BCUT2D eigenvalue weighted by Gasteiger charge is -2.26. The Kier molecular flexibility index (Phi) is 7.01. The minimum Gasteiger partial charge on any atom is -0.383 e. The molecule has 0 spiro atoms. The van der Waals surface area contributed by atoms with Crippen molar-refractivity contribution in [3.63, 3.8) is 0 Å². The van der Waals surface area contributed by atoms with E-state index in [4.69, 9.17) is 17.0 Å². The molecular formula is C23H27N3O2S. The molecular weight excluding hydrogens is 382 g/mol. The highest BCUT2D eigenvalue weighted by Crippen LogP contribution is 2.19. The van der Waals surface area contributed by atoms with Gasteiger partial charge in [0.1, 0.15) is 0 Å². The minimum absolute atomic E-state index is 0.0797. The van der Waals surface area contributed by atoms with Gasteiger partial charge in [-0.25, -0.2) is 0 Å². The Morgan fingerprint density at radius 3 is 2.62 bits per heavy atom. The topological polar surface area (TPSA) is 57.4 Å². The number of aryl methyl sites for hydroxylation is 2. The van der Waals surface area contributed by atoms with Gasteiger partial charge < -0.3 is 19.9 Å². The number of H-pyrrole nitrogens is 1. The molecule has 6 heteroatoms. The molecule has 0 bridgehead atoms. The number of pyridine rings is 1. The van der Waals surface area contributed by atoms with E-state index in [0.29, 0.717) is 36.9 Å². The fourth-order valence-corrected chi connectivity index (χ4v) is 3.50. The Balaban J connectivity index is 1.90. The second kappa shape index (κ2) is 9.67. The predicted octanol–water partition coefficient (Wildman–Crippen LogP) is 3.67. The average molecular weight is 410 g/mol. The number of aromatic nitrogens is 1. The zero-order valence-electron chi connectivity index (χ0n) is 17.1. The van der Waals surface area contributed by atoms with E-state index in [-0.39, 0.29) is 5.56 Å². The zero-order chi connectivity index (χ0) is 20.8. The second-order valence-electron chi connectivity index (χ2n) is 7.16. The third-order valence-corrected chi connectivity index (χ3v) is 5.48. The number of fused-ring (bicyclic) bond motifs is 1. The molecule has 3 rings (SSSR count). The fourth-order valence-electron chi connectivity index (χ4n) is 3.27. The predicted molar refractivity (Wildman–Crippen MR) is 122 cm³/mol. The van der Waals surface area contributed by atoms with Crippen molar-refractivity contribution in [2.24, 2.45) is 0 Å². The van der Waals surface area contributed by atoms with Gasteiger partial charge in [-0.3, -0.25) is 4.79 Å². The first-order valence-electron chi connectivity index (χ1n) is 9.67. The largest absolute Gasteiger partial charge is 0.383 e. The number of methoxy groups -OCH3 is 1.